The van der Waals surface area contributed by atoms with Gasteiger partial charge in [-0.3, -0.25) is 0 Å². The summed E-state index contributed by atoms with van der Waals surface area (Å²) in [6.45, 7) is 4.61. The molecule has 0 atom stereocenters. The third-order valence-corrected chi connectivity index (χ3v) is 3.04. The Bertz CT molecular complexity index is 81.9. The van der Waals surface area contributed by atoms with E-state index in [1.807, 2.05) is 0 Å². The first kappa shape index (κ1) is 12.7. The Balaban J connectivity index is 2.82. The Morgan fingerprint density at radius 1 is 1.00 bits per heavy atom. The zero-order valence-electron chi connectivity index (χ0n) is 8.38. The molecule has 0 fully saturated rings. The molecule has 0 aromatic carbocycles. The maximum absolute atomic E-state index is 4.11. The second kappa shape index (κ2) is 9.79. The largest absolute Gasteiger partial charge is 0.111 e. The van der Waals surface area contributed by atoms with E-state index in [0.29, 0.717) is 0 Å². The molecular weight excluding hydrogens is 184 g/mol. The minimum Gasteiger partial charge on any atom is -0.111 e. The fraction of sp³-hybridized carbons (Fsp3) is 1.00. The van der Waals surface area contributed by atoms with Crippen LogP contribution in [0.25, 0.3) is 0 Å². The zero-order chi connectivity index (χ0) is 9.23. The van der Waals surface area contributed by atoms with Crippen LogP contribution in [0, 0.1) is 5.92 Å². The van der Waals surface area contributed by atoms with Gasteiger partial charge in [0.05, 0.1) is 0 Å². The van der Waals surface area contributed by atoms with Crippen molar-refractivity contribution in [1.29, 1.82) is 0 Å². The highest BCUT2D eigenvalue weighted by Crippen LogP contribution is 2.13. The predicted molar refractivity (Wildman–Crippen MR) is 64.0 cm³/mol. The molecule has 0 N–H and O–H groups in total. The summed E-state index contributed by atoms with van der Waals surface area (Å²) in [6, 6.07) is 0. The Labute approximate surface area is 86.7 Å². The SMILES string of the molecule is CC(C)CCCCCCCSS. The van der Waals surface area contributed by atoms with Crippen molar-refractivity contribution in [1.82, 2.24) is 0 Å². The summed E-state index contributed by atoms with van der Waals surface area (Å²) in [5.74, 6) is 2.10. The molecule has 0 unspecified atom stereocenters. The lowest BCUT2D eigenvalue weighted by molar-refractivity contribution is 0.519. The van der Waals surface area contributed by atoms with E-state index in [9.17, 15) is 0 Å². The first-order valence-corrected chi connectivity index (χ1v) is 7.07. The fourth-order valence-electron chi connectivity index (χ4n) is 1.25. The smallest absolute Gasteiger partial charge is 0.00345 e. The van der Waals surface area contributed by atoms with Gasteiger partial charge in [-0.05, 0) is 12.3 Å². The molecule has 74 valence electrons. The van der Waals surface area contributed by atoms with Gasteiger partial charge < -0.3 is 0 Å². The molecule has 0 rings (SSSR count). The zero-order valence-corrected chi connectivity index (χ0v) is 10.1. The number of hydrogen-bond donors (Lipinski definition) is 1. The molecule has 0 amide bonds. The van der Waals surface area contributed by atoms with E-state index in [1.165, 1.54) is 44.3 Å². The molecule has 2 heteroatoms. The lowest BCUT2D eigenvalue weighted by Crippen LogP contribution is -1.87. The van der Waals surface area contributed by atoms with Crippen molar-refractivity contribution >= 4 is 22.5 Å². The Hall–Kier alpha value is 0.700. The van der Waals surface area contributed by atoms with E-state index < -0.39 is 0 Å². The second-order valence-electron chi connectivity index (χ2n) is 3.78. The second-order valence-corrected chi connectivity index (χ2v) is 5.22. The van der Waals surface area contributed by atoms with Crippen LogP contribution in [0.5, 0.6) is 0 Å². The molecular formula is C10H22S2. The van der Waals surface area contributed by atoms with E-state index in [4.69, 9.17) is 0 Å². The Morgan fingerprint density at radius 2 is 1.58 bits per heavy atom. The summed E-state index contributed by atoms with van der Waals surface area (Å²) in [5.41, 5.74) is 0. The maximum Gasteiger partial charge on any atom is 0.00345 e. The van der Waals surface area contributed by atoms with Crippen LogP contribution in [0.4, 0.5) is 0 Å². The number of hydrogen-bond acceptors (Lipinski definition) is 2. The number of thiol groups is 1. The maximum atomic E-state index is 4.11. The third-order valence-electron chi connectivity index (χ3n) is 2.02. The monoisotopic (exact) mass is 206 g/mol. The van der Waals surface area contributed by atoms with Crippen LogP contribution >= 0.6 is 22.5 Å². The topological polar surface area (TPSA) is 0 Å². The van der Waals surface area contributed by atoms with Crippen LogP contribution in [-0.2, 0) is 0 Å². The molecule has 0 aliphatic heterocycles. The summed E-state index contributed by atoms with van der Waals surface area (Å²) in [4.78, 5) is 0. The quantitative estimate of drug-likeness (QED) is 0.345. The van der Waals surface area contributed by atoms with Crippen molar-refractivity contribution in [3.05, 3.63) is 0 Å². The van der Waals surface area contributed by atoms with Crippen molar-refractivity contribution in [2.45, 2.75) is 52.4 Å². The fourth-order valence-corrected chi connectivity index (χ4v) is 1.97. The summed E-state index contributed by atoms with van der Waals surface area (Å²) < 4.78 is 0. The van der Waals surface area contributed by atoms with Gasteiger partial charge in [0, 0.05) is 5.75 Å². The summed E-state index contributed by atoms with van der Waals surface area (Å²) in [7, 11) is 1.66. The van der Waals surface area contributed by atoms with Gasteiger partial charge in [-0.2, -0.15) is 0 Å². The highest BCUT2D eigenvalue weighted by molar-refractivity contribution is 8.68. The molecule has 0 aliphatic rings. The van der Waals surface area contributed by atoms with Gasteiger partial charge in [-0.15, -0.1) is 11.7 Å². The molecule has 0 nitrogen and oxygen atoms in total. The average molecular weight is 206 g/mol. The van der Waals surface area contributed by atoms with Gasteiger partial charge in [0.25, 0.3) is 0 Å². The molecule has 0 radical (unpaired) electrons. The van der Waals surface area contributed by atoms with Crippen LogP contribution in [0.3, 0.4) is 0 Å². The number of unbranched alkanes of at least 4 members (excludes halogenated alkanes) is 4. The van der Waals surface area contributed by atoms with Crippen molar-refractivity contribution < 1.29 is 0 Å². The molecule has 0 bridgehead atoms. The molecule has 0 aromatic heterocycles. The van der Waals surface area contributed by atoms with Gasteiger partial charge >= 0.3 is 0 Å². The highest BCUT2D eigenvalue weighted by atomic mass is 33.1. The third kappa shape index (κ3) is 10.7. The van der Waals surface area contributed by atoms with E-state index in [-0.39, 0.29) is 0 Å². The van der Waals surface area contributed by atoms with Crippen molar-refractivity contribution in [3.8, 4) is 0 Å². The number of rotatable bonds is 8. The van der Waals surface area contributed by atoms with Gasteiger partial charge in [0.15, 0.2) is 0 Å². The van der Waals surface area contributed by atoms with Crippen LogP contribution in [0.15, 0.2) is 0 Å². The minimum atomic E-state index is 0.887. The first-order chi connectivity index (χ1) is 5.77. The van der Waals surface area contributed by atoms with Crippen LogP contribution < -0.4 is 0 Å². The van der Waals surface area contributed by atoms with Gasteiger partial charge in [-0.1, -0.05) is 56.7 Å². The predicted octanol–water partition coefficient (Wildman–Crippen LogP) is 4.56. The van der Waals surface area contributed by atoms with Crippen LogP contribution in [-0.4, -0.2) is 5.75 Å². The van der Waals surface area contributed by atoms with E-state index in [0.717, 1.165) is 5.92 Å². The van der Waals surface area contributed by atoms with Gasteiger partial charge in [0.1, 0.15) is 0 Å². The molecule has 0 aromatic rings. The summed E-state index contributed by atoms with van der Waals surface area (Å²) in [5, 5.41) is 0. The molecule has 0 heterocycles. The molecule has 0 aliphatic carbocycles. The Kier molecular flexibility index (Phi) is 10.4. The normalized spacial score (nSPS) is 11.0. The van der Waals surface area contributed by atoms with Crippen molar-refractivity contribution in [3.63, 3.8) is 0 Å². The summed E-state index contributed by atoms with van der Waals surface area (Å²) >= 11 is 4.11. The van der Waals surface area contributed by atoms with E-state index in [1.54, 1.807) is 10.8 Å². The standard InChI is InChI=1S/C10H22S2/c1-10(2)8-6-4-3-5-7-9-12-11/h10-11H,3-9H2,1-2H3. The van der Waals surface area contributed by atoms with Crippen LogP contribution in [0.2, 0.25) is 0 Å². The molecule has 12 heavy (non-hydrogen) atoms. The Morgan fingerprint density at radius 3 is 2.17 bits per heavy atom. The average Bonchev–Trinajstić information content (AvgIpc) is 2.02. The molecule has 0 saturated heterocycles. The van der Waals surface area contributed by atoms with Crippen molar-refractivity contribution in [2.75, 3.05) is 5.75 Å². The van der Waals surface area contributed by atoms with Gasteiger partial charge in [-0.25, -0.2) is 0 Å². The lowest BCUT2D eigenvalue weighted by atomic mass is 10.0. The summed E-state index contributed by atoms with van der Waals surface area (Å²) in [6.07, 6.45) is 8.41. The molecule has 0 saturated carbocycles. The lowest BCUT2D eigenvalue weighted by Gasteiger charge is -2.03. The van der Waals surface area contributed by atoms with Crippen LogP contribution in [0.1, 0.15) is 52.4 Å². The highest BCUT2D eigenvalue weighted by Gasteiger charge is 1.94. The minimum absolute atomic E-state index is 0.887. The molecule has 0 spiro atoms. The van der Waals surface area contributed by atoms with E-state index >= 15 is 0 Å². The first-order valence-electron chi connectivity index (χ1n) is 5.03. The van der Waals surface area contributed by atoms with Gasteiger partial charge in [0.2, 0.25) is 0 Å². The van der Waals surface area contributed by atoms with E-state index in [2.05, 4.69) is 25.5 Å². The van der Waals surface area contributed by atoms with Crippen molar-refractivity contribution in [2.24, 2.45) is 5.92 Å².